The molecule has 11 heteroatoms. The lowest BCUT2D eigenvalue weighted by atomic mass is 9.97. The highest BCUT2D eigenvalue weighted by Crippen LogP contribution is 2.40. The van der Waals surface area contributed by atoms with E-state index < -0.39 is 22.3 Å². The van der Waals surface area contributed by atoms with Crippen LogP contribution in [0.2, 0.25) is 0 Å². The topological polar surface area (TPSA) is 119 Å². The SMILES string of the molecule is Cc1cn(-c2ccc(-c3cc(F)c(CO)c(S(C)(=O)=O)c3)cc2-c2nc(C)oc2-c2ccc(N3CCCC3=O)cc2)c(C)n1. The number of imidazole rings is 1. The number of oxazole rings is 1. The molecule has 0 spiro atoms. The number of halogens is 1. The number of aromatic nitrogens is 3. The van der Waals surface area contributed by atoms with Crippen LogP contribution >= 0.6 is 0 Å². The van der Waals surface area contributed by atoms with Crippen LogP contribution in [0.25, 0.3) is 39.4 Å². The van der Waals surface area contributed by atoms with E-state index in [2.05, 4.69) is 4.98 Å². The quantitative estimate of drug-likeness (QED) is 0.241. The van der Waals surface area contributed by atoms with E-state index in [0.717, 1.165) is 41.1 Å². The van der Waals surface area contributed by atoms with Crippen molar-refractivity contribution < 1.29 is 27.1 Å². The van der Waals surface area contributed by atoms with Crippen molar-refractivity contribution in [3.05, 3.63) is 89.6 Å². The first-order valence-corrected chi connectivity index (χ1v) is 16.0. The van der Waals surface area contributed by atoms with Crippen molar-refractivity contribution in [1.82, 2.24) is 14.5 Å². The maximum absolute atomic E-state index is 15.1. The molecule has 1 saturated heterocycles. The molecule has 0 saturated carbocycles. The molecule has 0 bridgehead atoms. The number of amides is 1. The minimum absolute atomic E-state index is 0.101. The van der Waals surface area contributed by atoms with Gasteiger partial charge in [0.05, 0.1) is 22.9 Å². The average Bonchev–Trinajstić information content (AvgIpc) is 3.69. The van der Waals surface area contributed by atoms with Crippen LogP contribution in [-0.2, 0) is 21.2 Å². The molecule has 226 valence electrons. The van der Waals surface area contributed by atoms with Crippen molar-refractivity contribution in [2.75, 3.05) is 17.7 Å². The molecular weight excluding hydrogens is 583 g/mol. The Labute approximate surface area is 254 Å². The molecule has 44 heavy (non-hydrogen) atoms. The smallest absolute Gasteiger partial charge is 0.227 e. The fraction of sp³-hybridized carbons (Fsp3) is 0.242. The molecule has 1 amide bonds. The van der Waals surface area contributed by atoms with Crippen LogP contribution in [0.15, 0.2) is 70.1 Å². The number of aryl methyl sites for hydroxylation is 3. The highest BCUT2D eigenvalue weighted by atomic mass is 32.2. The number of anilines is 1. The highest BCUT2D eigenvalue weighted by Gasteiger charge is 2.25. The van der Waals surface area contributed by atoms with Crippen LogP contribution in [0.3, 0.4) is 0 Å². The van der Waals surface area contributed by atoms with Gasteiger partial charge in [0.1, 0.15) is 17.3 Å². The molecule has 9 nitrogen and oxygen atoms in total. The third-order valence-electron chi connectivity index (χ3n) is 7.81. The lowest BCUT2D eigenvalue weighted by Crippen LogP contribution is -2.23. The van der Waals surface area contributed by atoms with Crippen LogP contribution in [0.1, 0.15) is 35.8 Å². The number of benzene rings is 3. The van der Waals surface area contributed by atoms with Gasteiger partial charge in [0, 0.05) is 54.7 Å². The molecule has 1 aliphatic heterocycles. The predicted molar refractivity (Wildman–Crippen MR) is 165 cm³/mol. The summed E-state index contributed by atoms with van der Waals surface area (Å²) in [5.74, 6) is 0.973. The van der Waals surface area contributed by atoms with E-state index in [4.69, 9.17) is 9.40 Å². The number of carbonyl (C=O) groups excluding carboxylic acids is 1. The maximum Gasteiger partial charge on any atom is 0.227 e. The number of rotatable bonds is 7. The zero-order chi connectivity index (χ0) is 31.3. The minimum atomic E-state index is -3.83. The van der Waals surface area contributed by atoms with E-state index in [1.807, 2.05) is 61.0 Å². The molecule has 1 aliphatic rings. The van der Waals surface area contributed by atoms with E-state index in [1.165, 1.54) is 12.1 Å². The molecule has 2 aromatic heterocycles. The molecular formula is C33H31FN4O5S. The molecule has 3 heterocycles. The van der Waals surface area contributed by atoms with Crippen LogP contribution in [-0.4, -0.2) is 46.8 Å². The Kier molecular flexibility index (Phi) is 7.46. The summed E-state index contributed by atoms with van der Waals surface area (Å²) in [7, 11) is -3.83. The number of aliphatic hydroxyl groups excluding tert-OH is 1. The summed E-state index contributed by atoms with van der Waals surface area (Å²) in [6.45, 7) is 5.48. The first kappa shape index (κ1) is 29.5. The van der Waals surface area contributed by atoms with Crippen LogP contribution in [0, 0.1) is 26.6 Å². The van der Waals surface area contributed by atoms with Crippen molar-refractivity contribution in [2.45, 2.75) is 45.1 Å². The minimum Gasteiger partial charge on any atom is -0.440 e. The van der Waals surface area contributed by atoms with Gasteiger partial charge in [-0.1, -0.05) is 6.07 Å². The Morgan fingerprint density at radius 2 is 1.70 bits per heavy atom. The van der Waals surface area contributed by atoms with Gasteiger partial charge in [-0.25, -0.2) is 22.8 Å². The van der Waals surface area contributed by atoms with Crippen LogP contribution in [0.4, 0.5) is 10.1 Å². The summed E-state index contributed by atoms with van der Waals surface area (Å²) >= 11 is 0. The van der Waals surface area contributed by atoms with Gasteiger partial charge in [0.2, 0.25) is 5.91 Å². The third kappa shape index (κ3) is 5.33. The van der Waals surface area contributed by atoms with Crippen molar-refractivity contribution in [3.8, 4) is 39.4 Å². The zero-order valence-electron chi connectivity index (χ0n) is 24.8. The normalized spacial score (nSPS) is 13.7. The average molecular weight is 615 g/mol. The number of aliphatic hydroxyl groups is 1. The monoisotopic (exact) mass is 614 g/mol. The molecule has 1 N–H and O–H groups in total. The summed E-state index contributed by atoms with van der Waals surface area (Å²) < 4.78 is 48.2. The number of sulfone groups is 1. The lowest BCUT2D eigenvalue weighted by Gasteiger charge is -2.16. The third-order valence-corrected chi connectivity index (χ3v) is 8.97. The Hall–Kier alpha value is -4.61. The summed E-state index contributed by atoms with van der Waals surface area (Å²) in [5.41, 5.74) is 4.92. The number of nitrogens with zero attached hydrogens (tertiary/aromatic N) is 4. The molecule has 5 aromatic rings. The van der Waals surface area contributed by atoms with E-state index in [0.29, 0.717) is 47.0 Å². The van der Waals surface area contributed by atoms with Gasteiger partial charge in [-0.05, 0) is 79.9 Å². The fourth-order valence-electron chi connectivity index (χ4n) is 5.76. The molecule has 0 aliphatic carbocycles. The molecule has 0 atom stereocenters. The second kappa shape index (κ2) is 11.1. The summed E-state index contributed by atoms with van der Waals surface area (Å²) in [4.78, 5) is 23.1. The second-order valence-electron chi connectivity index (χ2n) is 11.0. The molecule has 6 rings (SSSR count). The summed E-state index contributed by atoms with van der Waals surface area (Å²) in [6, 6.07) is 15.6. The Morgan fingerprint density at radius 1 is 0.977 bits per heavy atom. The Balaban J connectivity index is 1.54. The van der Waals surface area contributed by atoms with Crippen molar-refractivity contribution in [1.29, 1.82) is 0 Å². The van der Waals surface area contributed by atoms with Gasteiger partial charge in [-0.15, -0.1) is 0 Å². The van der Waals surface area contributed by atoms with E-state index in [1.54, 1.807) is 17.9 Å². The van der Waals surface area contributed by atoms with Crippen LogP contribution in [0.5, 0.6) is 0 Å². The highest BCUT2D eigenvalue weighted by molar-refractivity contribution is 7.90. The van der Waals surface area contributed by atoms with Gasteiger partial charge in [-0.2, -0.15) is 0 Å². The van der Waals surface area contributed by atoms with E-state index >= 15 is 4.39 Å². The Morgan fingerprint density at radius 3 is 2.32 bits per heavy atom. The van der Waals surface area contributed by atoms with Gasteiger partial charge in [-0.3, -0.25) is 4.79 Å². The van der Waals surface area contributed by atoms with Gasteiger partial charge in [0.15, 0.2) is 21.5 Å². The molecule has 0 radical (unpaired) electrons. The Bertz CT molecular complexity index is 2030. The molecule has 3 aromatic carbocycles. The molecule has 1 fully saturated rings. The van der Waals surface area contributed by atoms with Gasteiger partial charge < -0.3 is 19.0 Å². The maximum atomic E-state index is 15.1. The first-order valence-electron chi connectivity index (χ1n) is 14.1. The number of hydrogen-bond donors (Lipinski definition) is 1. The number of hydrogen-bond acceptors (Lipinski definition) is 7. The van der Waals surface area contributed by atoms with Crippen LogP contribution < -0.4 is 4.90 Å². The fourth-order valence-corrected chi connectivity index (χ4v) is 6.71. The first-order chi connectivity index (χ1) is 20.9. The zero-order valence-corrected chi connectivity index (χ0v) is 25.6. The lowest BCUT2D eigenvalue weighted by molar-refractivity contribution is -0.117. The van der Waals surface area contributed by atoms with E-state index in [-0.39, 0.29) is 16.4 Å². The second-order valence-corrected chi connectivity index (χ2v) is 13.0. The summed E-state index contributed by atoms with van der Waals surface area (Å²) in [5, 5.41) is 9.69. The summed E-state index contributed by atoms with van der Waals surface area (Å²) in [6.07, 6.45) is 4.26. The van der Waals surface area contributed by atoms with E-state index in [9.17, 15) is 18.3 Å². The van der Waals surface area contributed by atoms with Gasteiger partial charge in [0.25, 0.3) is 0 Å². The number of carbonyl (C=O) groups is 1. The predicted octanol–water partition coefficient (Wildman–Crippen LogP) is 5.95. The largest absolute Gasteiger partial charge is 0.440 e. The molecule has 0 unspecified atom stereocenters. The van der Waals surface area contributed by atoms with Crippen molar-refractivity contribution >= 4 is 21.4 Å². The van der Waals surface area contributed by atoms with Crippen molar-refractivity contribution in [3.63, 3.8) is 0 Å². The van der Waals surface area contributed by atoms with Gasteiger partial charge >= 0.3 is 0 Å². The van der Waals surface area contributed by atoms with Crippen molar-refractivity contribution in [2.24, 2.45) is 0 Å². The standard InChI is InChI=1S/C33H31FN4O5S/c1-19-17-38(20(2)35-19)29-12-9-23(24-15-28(34)27(18-39)30(16-24)44(4,41)42)14-26(29)32-33(43-21(3)36-32)22-7-10-25(11-8-22)37-13-5-6-31(37)40/h7-12,14-17,39H,5-6,13,18H2,1-4H3.